The number of aliphatic carboxylic acids is 1. The zero-order valence-electron chi connectivity index (χ0n) is 7.55. The number of rotatable bonds is 2. The third kappa shape index (κ3) is 2.44. The van der Waals surface area contributed by atoms with E-state index in [0.29, 0.717) is 0 Å². The van der Waals surface area contributed by atoms with Crippen LogP contribution in [0.15, 0.2) is 18.2 Å². The first-order chi connectivity index (χ1) is 7.25. The van der Waals surface area contributed by atoms with Crippen LogP contribution in [0.1, 0.15) is 17.3 Å². The Balaban J connectivity index is 3.40. The maximum Gasteiger partial charge on any atom is 0.418 e. The van der Waals surface area contributed by atoms with Gasteiger partial charge in [-0.2, -0.15) is 13.2 Å². The van der Waals surface area contributed by atoms with Crippen LogP contribution in [0, 0.1) is 0 Å². The van der Waals surface area contributed by atoms with Crippen LogP contribution in [0.4, 0.5) is 17.6 Å². The molecule has 0 amide bonds. The minimum atomic E-state index is -4.90. The van der Waals surface area contributed by atoms with Crippen LogP contribution >= 0.6 is 11.6 Å². The molecule has 1 aromatic carbocycles. The monoisotopic (exact) mass is 256 g/mol. The van der Waals surface area contributed by atoms with Crippen molar-refractivity contribution in [2.24, 2.45) is 0 Å². The van der Waals surface area contributed by atoms with Gasteiger partial charge in [0.1, 0.15) is 0 Å². The van der Waals surface area contributed by atoms with Gasteiger partial charge in [0.25, 0.3) is 0 Å². The van der Waals surface area contributed by atoms with Crippen LogP contribution in [-0.4, -0.2) is 11.1 Å². The highest BCUT2D eigenvalue weighted by atomic mass is 35.5. The quantitative estimate of drug-likeness (QED) is 0.823. The molecule has 0 fully saturated rings. The molecule has 0 aliphatic carbocycles. The largest absolute Gasteiger partial charge is 0.479 e. The number of carboxylic acid groups (broad SMARTS) is 1. The fraction of sp³-hybridized carbons (Fsp3) is 0.222. The Kier molecular flexibility index (Phi) is 3.42. The maximum absolute atomic E-state index is 13.1. The predicted molar refractivity (Wildman–Crippen MR) is 47.9 cm³/mol. The van der Waals surface area contributed by atoms with E-state index in [1.165, 1.54) is 0 Å². The van der Waals surface area contributed by atoms with Gasteiger partial charge in [-0.05, 0) is 6.07 Å². The summed E-state index contributed by atoms with van der Waals surface area (Å²) in [5.41, 5.74) is -2.45. The predicted octanol–water partition coefficient (Wildman–Crippen LogP) is 3.45. The van der Waals surface area contributed by atoms with Crippen molar-refractivity contribution in [1.29, 1.82) is 0 Å². The summed E-state index contributed by atoms with van der Waals surface area (Å²) in [7, 11) is 0. The molecule has 0 aliphatic rings. The van der Waals surface area contributed by atoms with Crippen molar-refractivity contribution in [3.63, 3.8) is 0 Å². The van der Waals surface area contributed by atoms with E-state index in [2.05, 4.69) is 0 Å². The van der Waals surface area contributed by atoms with Crippen molar-refractivity contribution >= 4 is 17.6 Å². The first-order valence-corrected chi connectivity index (χ1v) is 4.35. The standard InChI is InChI=1S/C9H5ClF4O2/c10-5-3-1-2-4(7(11)8(15)16)6(5)9(12,13)14/h1-3,7H,(H,15,16). The molecule has 0 spiro atoms. The van der Waals surface area contributed by atoms with Gasteiger partial charge in [0, 0.05) is 5.56 Å². The van der Waals surface area contributed by atoms with E-state index in [9.17, 15) is 22.4 Å². The van der Waals surface area contributed by atoms with E-state index >= 15 is 0 Å². The van der Waals surface area contributed by atoms with Gasteiger partial charge in [0.05, 0.1) is 10.6 Å². The van der Waals surface area contributed by atoms with E-state index < -0.39 is 34.5 Å². The molecule has 0 aliphatic heterocycles. The Morgan fingerprint density at radius 2 is 1.94 bits per heavy atom. The van der Waals surface area contributed by atoms with Crippen LogP contribution in [0.5, 0.6) is 0 Å². The van der Waals surface area contributed by atoms with E-state index in [-0.39, 0.29) is 0 Å². The third-order valence-corrected chi connectivity index (χ3v) is 2.13. The molecule has 1 N–H and O–H groups in total. The minimum absolute atomic E-state index is 0.728. The summed E-state index contributed by atoms with van der Waals surface area (Å²) in [6.07, 6.45) is -7.65. The normalized spacial score (nSPS) is 13.6. The summed E-state index contributed by atoms with van der Waals surface area (Å²) in [5.74, 6) is -1.99. The molecule has 88 valence electrons. The first-order valence-electron chi connectivity index (χ1n) is 3.97. The molecule has 2 nitrogen and oxygen atoms in total. The lowest BCUT2D eigenvalue weighted by atomic mass is 10.0. The summed E-state index contributed by atoms with van der Waals surface area (Å²) in [6.45, 7) is 0. The van der Waals surface area contributed by atoms with Gasteiger partial charge in [-0.3, -0.25) is 0 Å². The number of hydrogen-bond donors (Lipinski definition) is 1. The molecular weight excluding hydrogens is 252 g/mol. The number of carbonyl (C=O) groups is 1. The van der Waals surface area contributed by atoms with Crippen molar-refractivity contribution in [2.75, 3.05) is 0 Å². The van der Waals surface area contributed by atoms with Crippen molar-refractivity contribution in [3.8, 4) is 0 Å². The fourth-order valence-corrected chi connectivity index (χ4v) is 1.47. The Labute approximate surface area is 92.4 Å². The van der Waals surface area contributed by atoms with Crippen molar-refractivity contribution < 1.29 is 27.5 Å². The topological polar surface area (TPSA) is 37.3 Å². The van der Waals surface area contributed by atoms with Gasteiger partial charge >= 0.3 is 12.1 Å². The lowest BCUT2D eigenvalue weighted by molar-refractivity contribution is -0.145. The van der Waals surface area contributed by atoms with Crippen LogP contribution < -0.4 is 0 Å². The average Bonchev–Trinajstić information content (AvgIpc) is 2.14. The Morgan fingerprint density at radius 3 is 2.38 bits per heavy atom. The summed E-state index contributed by atoms with van der Waals surface area (Å²) in [4.78, 5) is 10.3. The molecule has 16 heavy (non-hydrogen) atoms. The van der Waals surface area contributed by atoms with Gasteiger partial charge in [0.2, 0.25) is 6.17 Å². The average molecular weight is 257 g/mol. The third-order valence-electron chi connectivity index (χ3n) is 1.82. The Morgan fingerprint density at radius 1 is 1.38 bits per heavy atom. The Hall–Kier alpha value is -1.30. The SMILES string of the molecule is O=C(O)C(F)c1cccc(Cl)c1C(F)(F)F. The van der Waals surface area contributed by atoms with E-state index in [1.54, 1.807) is 0 Å². The second-order valence-corrected chi connectivity index (χ2v) is 3.31. The lowest BCUT2D eigenvalue weighted by Crippen LogP contribution is -2.15. The summed E-state index contributed by atoms with van der Waals surface area (Å²) < 4.78 is 50.5. The van der Waals surface area contributed by atoms with Crippen LogP contribution in [0.3, 0.4) is 0 Å². The Bertz CT molecular complexity index is 416. The van der Waals surface area contributed by atoms with Crippen LogP contribution in [0.25, 0.3) is 0 Å². The van der Waals surface area contributed by atoms with E-state index in [4.69, 9.17) is 16.7 Å². The van der Waals surface area contributed by atoms with Crippen molar-refractivity contribution in [3.05, 3.63) is 34.3 Å². The molecular formula is C9H5ClF4O2. The molecule has 1 atom stereocenters. The van der Waals surface area contributed by atoms with Gasteiger partial charge in [-0.25, -0.2) is 9.18 Å². The zero-order valence-corrected chi connectivity index (χ0v) is 8.31. The molecule has 0 bridgehead atoms. The second-order valence-electron chi connectivity index (χ2n) is 2.90. The second kappa shape index (κ2) is 4.29. The fourth-order valence-electron chi connectivity index (χ4n) is 1.18. The molecule has 0 saturated heterocycles. The van der Waals surface area contributed by atoms with Crippen molar-refractivity contribution in [1.82, 2.24) is 0 Å². The van der Waals surface area contributed by atoms with Crippen molar-refractivity contribution in [2.45, 2.75) is 12.3 Å². The number of benzene rings is 1. The van der Waals surface area contributed by atoms with Gasteiger partial charge in [-0.1, -0.05) is 23.7 Å². The summed E-state index contributed by atoms with van der Waals surface area (Å²) >= 11 is 5.28. The minimum Gasteiger partial charge on any atom is -0.479 e. The number of halogens is 5. The number of carboxylic acids is 1. The molecule has 0 aromatic heterocycles. The smallest absolute Gasteiger partial charge is 0.418 e. The highest BCUT2D eigenvalue weighted by molar-refractivity contribution is 6.31. The number of alkyl halides is 4. The summed E-state index contributed by atoms with van der Waals surface area (Å²) in [6, 6.07) is 2.72. The molecule has 1 aromatic rings. The molecule has 0 saturated carbocycles. The zero-order chi connectivity index (χ0) is 12.5. The summed E-state index contributed by atoms with van der Waals surface area (Å²) in [5, 5.41) is 7.60. The molecule has 1 unspecified atom stereocenters. The van der Waals surface area contributed by atoms with Gasteiger partial charge < -0.3 is 5.11 Å². The highest BCUT2D eigenvalue weighted by Crippen LogP contribution is 2.40. The van der Waals surface area contributed by atoms with Crippen LogP contribution in [-0.2, 0) is 11.0 Å². The van der Waals surface area contributed by atoms with E-state index in [0.717, 1.165) is 18.2 Å². The lowest BCUT2D eigenvalue weighted by Gasteiger charge is -2.15. The highest BCUT2D eigenvalue weighted by Gasteiger charge is 2.39. The van der Waals surface area contributed by atoms with E-state index in [1.807, 2.05) is 0 Å². The van der Waals surface area contributed by atoms with Gasteiger partial charge in [0.15, 0.2) is 0 Å². The number of hydrogen-bond acceptors (Lipinski definition) is 1. The molecule has 0 radical (unpaired) electrons. The molecule has 7 heteroatoms. The molecule has 1 rings (SSSR count). The maximum atomic E-state index is 13.1. The molecule has 0 heterocycles. The first kappa shape index (κ1) is 12.8. The van der Waals surface area contributed by atoms with Crippen LogP contribution in [0.2, 0.25) is 5.02 Å². The van der Waals surface area contributed by atoms with Gasteiger partial charge in [-0.15, -0.1) is 0 Å².